The van der Waals surface area contributed by atoms with E-state index in [9.17, 15) is 19.8 Å². The van der Waals surface area contributed by atoms with Crippen LogP contribution in [0.4, 0.5) is 0 Å². The summed E-state index contributed by atoms with van der Waals surface area (Å²) in [6, 6.07) is 16.8. The Morgan fingerprint density at radius 2 is 1.92 bits per heavy atom. The van der Waals surface area contributed by atoms with Crippen molar-refractivity contribution in [2.45, 2.75) is 44.9 Å². The number of para-hydroxylation sites is 2. The van der Waals surface area contributed by atoms with E-state index in [0.717, 1.165) is 25.7 Å². The second kappa shape index (κ2) is 13.3. The molecule has 4 N–H and O–H groups in total. The number of nitrogens with one attached hydrogen (secondary N) is 2. The molecule has 0 aliphatic heterocycles. The van der Waals surface area contributed by atoms with Crippen molar-refractivity contribution in [3.05, 3.63) is 87.2 Å². The Kier molecular flexibility index (Phi) is 9.82. The minimum absolute atomic E-state index is 0.103. The summed E-state index contributed by atoms with van der Waals surface area (Å²) < 4.78 is 7.07. The van der Waals surface area contributed by atoms with Gasteiger partial charge in [0.25, 0.3) is 0 Å². The Labute approximate surface area is 241 Å². The van der Waals surface area contributed by atoms with E-state index in [2.05, 4.69) is 39.0 Å². The molecule has 3 atom stereocenters. The van der Waals surface area contributed by atoms with Crippen LogP contribution in [-0.4, -0.2) is 69.9 Å². The molecule has 2 amide bonds. The number of amides is 2. The van der Waals surface area contributed by atoms with Gasteiger partial charge in [0.15, 0.2) is 0 Å². The molecule has 0 saturated carbocycles. The SMILES string of the molecule is CC(C)=CC(=O)N(CCc1cc2ccccc2[nH]1)[C@@H]1CC(C(=O)NCCO)=C[C@H](Oc2ccccc2I)[C@H]1O. The number of benzene rings is 2. The zero-order chi connectivity index (χ0) is 27.9. The van der Waals surface area contributed by atoms with E-state index < -0.39 is 18.2 Å². The molecule has 3 aromatic rings. The average Bonchev–Trinajstić information content (AvgIpc) is 3.33. The molecule has 9 heteroatoms. The number of carbonyl (C=O) groups excluding carboxylic acids is 2. The summed E-state index contributed by atoms with van der Waals surface area (Å²) in [7, 11) is 0. The van der Waals surface area contributed by atoms with Crippen LogP contribution < -0.4 is 10.1 Å². The molecule has 8 nitrogen and oxygen atoms in total. The normalized spacial score (nSPS) is 18.8. The van der Waals surface area contributed by atoms with Gasteiger partial charge in [-0.05, 0) is 72.2 Å². The lowest BCUT2D eigenvalue weighted by molar-refractivity contribution is -0.133. The van der Waals surface area contributed by atoms with Gasteiger partial charge < -0.3 is 30.2 Å². The summed E-state index contributed by atoms with van der Waals surface area (Å²) in [6.45, 7) is 3.94. The van der Waals surface area contributed by atoms with Gasteiger partial charge >= 0.3 is 0 Å². The van der Waals surface area contributed by atoms with Crippen molar-refractivity contribution in [2.24, 2.45) is 0 Å². The lowest BCUT2D eigenvalue weighted by Gasteiger charge is -2.40. The van der Waals surface area contributed by atoms with Gasteiger partial charge in [-0.25, -0.2) is 0 Å². The smallest absolute Gasteiger partial charge is 0.247 e. The lowest BCUT2D eigenvalue weighted by atomic mass is 9.88. The van der Waals surface area contributed by atoms with Crippen LogP contribution in [0.15, 0.2) is 77.9 Å². The standard InChI is InChI=1S/C30H34IN3O5/c1-19(2)15-28(36)34(13-11-22-16-20-7-3-5-9-24(20)33-22)25-17-21(30(38)32-12-14-35)18-27(29(25)37)39-26-10-6-4-8-23(26)31/h3-10,15-16,18,25,27,29,33,35,37H,11-14,17H2,1-2H3,(H,32,38)/t25-,27+,29+/m1/s1. The van der Waals surface area contributed by atoms with E-state index in [4.69, 9.17) is 4.74 Å². The summed E-state index contributed by atoms with van der Waals surface area (Å²) in [5.41, 5.74) is 3.22. The van der Waals surface area contributed by atoms with E-state index in [-0.39, 0.29) is 31.4 Å². The fourth-order valence-electron chi connectivity index (χ4n) is 4.74. The first-order chi connectivity index (χ1) is 18.8. The number of allylic oxidation sites excluding steroid dienone is 1. The van der Waals surface area contributed by atoms with Crippen LogP contribution in [0.3, 0.4) is 0 Å². The van der Waals surface area contributed by atoms with Crippen LogP contribution in [-0.2, 0) is 16.0 Å². The molecule has 0 fully saturated rings. The largest absolute Gasteiger partial charge is 0.482 e. The van der Waals surface area contributed by atoms with E-state index >= 15 is 0 Å². The van der Waals surface area contributed by atoms with Gasteiger partial charge in [-0.1, -0.05) is 35.9 Å². The van der Waals surface area contributed by atoms with Crippen LogP contribution in [0.5, 0.6) is 5.75 Å². The van der Waals surface area contributed by atoms with Crippen molar-refractivity contribution in [2.75, 3.05) is 19.7 Å². The highest BCUT2D eigenvalue weighted by Gasteiger charge is 2.40. The Bertz CT molecular complexity index is 1340. The number of aliphatic hydroxyl groups excluding tert-OH is 2. The molecular weight excluding hydrogens is 609 g/mol. The van der Waals surface area contributed by atoms with Gasteiger partial charge in [0.1, 0.15) is 18.0 Å². The lowest BCUT2D eigenvalue weighted by Crippen LogP contribution is -2.55. The van der Waals surface area contributed by atoms with Gasteiger partial charge in [0, 0.05) is 48.8 Å². The van der Waals surface area contributed by atoms with Crippen molar-refractivity contribution < 1.29 is 24.5 Å². The van der Waals surface area contributed by atoms with Gasteiger partial charge in [0.2, 0.25) is 11.8 Å². The van der Waals surface area contributed by atoms with Crippen molar-refractivity contribution in [1.82, 2.24) is 15.2 Å². The summed E-state index contributed by atoms with van der Waals surface area (Å²) in [6.07, 6.45) is 1.94. The number of hydrogen-bond donors (Lipinski definition) is 4. The monoisotopic (exact) mass is 643 g/mol. The van der Waals surface area contributed by atoms with Gasteiger partial charge in [-0.15, -0.1) is 0 Å². The van der Waals surface area contributed by atoms with Crippen LogP contribution >= 0.6 is 22.6 Å². The molecule has 206 valence electrons. The topological polar surface area (TPSA) is 115 Å². The zero-order valence-corrected chi connectivity index (χ0v) is 24.2. The fourth-order valence-corrected chi connectivity index (χ4v) is 5.26. The number of rotatable bonds is 10. The Morgan fingerprint density at radius 1 is 1.18 bits per heavy atom. The molecule has 0 bridgehead atoms. The number of hydrogen-bond acceptors (Lipinski definition) is 5. The number of carbonyl (C=O) groups is 2. The molecule has 1 aliphatic rings. The van der Waals surface area contributed by atoms with Crippen LogP contribution in [0.2, 0.25) is 0 Å². The number of ether oxygens (including phenoxy) is 1. The fraction of sp³-hybridized carbons (Fsp3) is 0.333. The minimum atomic E-state index is -1.08. The molecule has 1 heterocycles. The van der Waals surface area contributed by atoms with Crippen LogP contribution in [0.25, 0.3) is 10.9 Å². The van der Waals surface area contributed by atoms with Crippen molar-refractivity contribution in [3.63, 3.8) is 0 Å². The summed E-state index contributed by atoms with van der Waals surface area (Å²) in [5, 5.41) is 24.5. The third-order valence-corrected chi connectivity index (χ3v) is 7.51. The molecule has 0 saturated heterocycles. The third kappa shape index (κ3) is 7.28. The molecule has 0 spiro atoms. The highest BCUT2D eigenvalue weighted by Crippen LogP contribution is 2.30. The predicted molar refractivity (Wildman–Crippen MR) is 159 cm³/mol. The molecule has 1 aromatic heterocycles. The van der Waals surface area contributed by atoms with Crippen LogP contribution in [0, 0.1) is 3.57 Å². The molecule has 0 unspecified atom stereocenters. The van der Waals surface area contributed by atoms with Crippen molar-refractivity contribution in [3.8, 4) is 5.75 Å². The molecule has 1 aliphatic carbocycles. The highest BCUT2D eigenvalue weighted by atomic mass is 127. The first-order valence-electron chi connectivity index (χ1n) is 13.0. The molecule has 4 rings (SSSR count). The molecular formula is C30H34IN3O5. The average molecular weight is 644 g/mol. The molecule has 0 radical (unpaired) electrons. The second-order valence-electron chi connectivity index (χ2n) is 9.83. The number of nitrogens with zero attached hydrogens (tertiary/aromatic N) is 1. The Balaban J connectivity index is 1.65. The second-order valence-corrected chi connectivity index (χ2v) is 11.0. The molecule has 39 heavy (non-hydrogen) atoms. The van der Waals surface area contributed by atoms with Gasteiger partial charge in [-0.3, -0.25) is 9.59 Å². The summed E-state index contributed by atoms with van der Waals surface area (Å²) in [5.74, 6) is -0.0165. The maximum atomic E-state index is 13.5. The number of H-pyrrole nitrogens is 1. The van der Waals surface area contributed by atoms with E-state index in [1.54, 1.807) is 23.1 Å². The quantitative estimate of drug-likeness (QED) is 0.199. The first kappa shape index (κ1) is 28.8. The maximum absolute atomic E-state index is 13.5. The Hall–Kier alpha value is -3.15. The minimum Gasteiger partial charge on any atom is -0.482 e. The predicted octanol–water partition coefficient (Wildman–Crippen LogP) is 3.73. The van der Waals surface area contributed by atoms with Gasteiger partial charge in [0.05, 0.1) is 16.2 Å². The van der Waals surface area contributed by atoms with Crippen LogP contribution in [0.1, 0.15) is 26.0 Å². The van der Waals surface area contributed by atoms with E-state index in [1.807, 2.05) is 56.3 Å². The van der Waals surface area contributed by atoms with Crippen molar-refractivity contribution in [1.29, 1.82) is 0 Å². The summed E-state index contributed by atoms with van der Waals surface area (Å²) in [4.78, 5) is 31.5. The van der Waals surface area contributed by atoms with Crippen molar-refractivity contribution >= 4 is 45.3 Å². The number of aromatic amines is 1. The number of halogens is 1. The zero-order valence-electron chi connectivity index (χ0n) is 22.1. The molecule has 2 aromatic carbocycles. The maximum Gasteiger partial charge on any atom is 0.247 e. The summed E-state index contributed by atoms with van der Waals surface area (Å²) >= 11 is 2.16. The van der Waals surface area contributed by atoms with E-state index in [0.29, 0.717) is 24.3 Å². The number of fused-ring (bicyclic) bond motifs is 1. The Morgan fingerprint density at radius 3 is 2.64 bits per heavy atom. The van der Waals surface area contributed by atoms with Gasteiger partial charge in [-0.2, -0.15) is 0 Å². The first-order valence-corrected chi connectivity index (χ1v) is 14.1. The van der Waals surface area contributed by atoms with E-state index in [1.165, 1.54) is 0 Å². The number of aromatic nitrogens is 1. The highest BCUT2D eigenvalue weighted by molar-refractivity contribution is 14.1. The number of aliphatic hydroxyl groups is 2. The third-order valence-electron chi connectivity index (χ3n) is 6.62.